The van der Waals surface area contributed by atoms with Gasteiger partial charge >= 0.3 is 0 Å². The summed E-state index contributed by atoms with van der Waals surface area (Å²) >= 11 is 0. The third-order valence-corrected chi connectivity index (χ3v) is 6.20. The fourth-order valence-electron chi connectivity index (χ4n) is 2.44. The Hall–Kier alpha value is -0.590. The summed E-state index contributed by atoms with van der Waals surface area (Å²) < 4.78 is 5.56. The summed E-state index contributed by atoms with van der Waals surface area (Å²) in [7, 11) is 4.03. The average Bonchev–Trinajstić information content (AvgIpc) is 2.38. The molecule has 1 aliphatic heterocycles. The quantitative estimate of drug-likeness (QED) is 0.779. The second-order valence-electron chi connectivity index (χ2n) is 5.37. The Kier molecular flexibility index (Phi) is 4.64. The fourth-order valence-corrected chi connectivity index (χ4v) is 4.93. The molecule has 0 unspecified atom stereocenters. The van der Waals surface area contributed by atoms with Gasteiger partial charge in [-0.05, 0) is 42.2 Å². The third-order valence-electron chi connectivity index (χ3n) is 3.71. The molecule has 1 saturated heterocycles. The van der Waals surface area contributed by atoms with Gasteiger partial charge < -0.3 is 9.64 Å². The zero-order chi connectivity index (χ0) is 13.1. The van der Waals surface area contributed by atoms with E-state index in [4.69, 9.17) is 4.74 Å². The molecule has 0 aromatic heterocycles. The van der Waals surface area contributed by atoms with Crippen LogP contribution in [0.15, 0.2) is 18.2 Å². The second-order valence-corrected chi connectivity index (χ2v) is 7.86. The van der Waals surface area contributed by atoms with Crippen molar-refractivity contribution in [2.45, 2.75) is 19.8 Å². The van der Waals surface area contributed by atoms with Gasteiger partial charge in [-0.25, -0.2) is 0 Å². The highest BCUT2D eigenvalue weighted by atomic mass is 31.1. The molecule has 3 heteroatoms. The van der Waals surface area contributed by atoms with Crippen LogP contribution in [0.4, 0.5) is 0 Å². The van der Waals surface area contributed by atoms with Crippen LogP contribution in [0.3, 0.4) is 0 Å². The lowest BCUT2D eigenvalue weighted by molar-refractivity contribution is 0.369. The van der Waals surface area contributed by atoms with E-state index < -0.39 is 0 Å². The molecule has 0 saturated carbocycles. The Balaban J connectivity index is 2.19. The highest BCUT2D eigenvalue weighted by Crippen LogP contribution is 2.38. The van der Waals surface area contributed by atoms with Crippen LogP contribution in [0.1, 0.15) is 25.3 Å². The van der Waals surface area contributed by atoms with E-state index in [0.29, 0.717) is 5.92 Å². The zero-order valence-corrected chi connectivity index (χ0v) is 12.8. The number of methoxy groups -OCH3 is 1. The van der Waals surface area contributed by atoms with Crippen molar-refractivity contribution in [3.05, 3.63) is 23.8 Å². The van der Waals surface area contributed by atoms with E-state index in [0.717, 1.165) is 5.75 Å². The van der Waals surface area contributed by atoms with E-state index in [1.807, 2.05) is 0 Å². The SMILES string of the molecule is COc1cc(P2CCN(C)CC2)ccc1C(C)C. The molecule has 1 heterocycles. The van der Waals surface area contributed by atoms with Gasteiger partial charge in [0.1, 0.15) is 5.75 Å². The summed E-state index contributed by atoms with van der Waals surface area (Å²) in [6.07, 6.45) is 2.66. The Bertz CT molecular complexity index is 397. The first kappa shape index (κ1) is 13.8. The molecule has 0 N–H and O–H groups in total. The molecule has 1 aromatic carbocycles. The minimum atomic E-state index is 0.0313. The predicted octanol–water partition coefficient (Wildman–Crippen LogP) is 2.87. The van der Waals surface area contributed by atoms with Crippen LogP contribution in [-0.4, -0.2) is 44.5 Å². The predicted molar refractivity (Wildman–Crippen MR) is 80.9 cm³/mol. The molecular weight excluding hydrogens is 241 g/mol. The lowest BCUT2D eigenvalue weighted by Gasteiger charge is -2.30. The maximum Gasteiger partial charge on any atom is 0.122 e. The monoisotopic (exact) mass is 265 g/mol. The Morgan fingerprint density at radius 3 is 2.44 bits per heavy atom. The van der Waals surface area contributed by atoms with E-state index in [1.165, 1.54) is 36.3 Å². The summed E-state index contributed by atoms with van der Waals surface area (Å²) in [5.41, 5.74) is 1.32. The van der Waals surface area contributed by atoms with Gasteiger partial charge in [-0.3, -0.25) is 0 Å². The number of hydrogen-bond acceptors (Lipinski definition) is 2. The Labute approximate surface area is 112 Å². The molecule has 1 aliphatic rings. The average molecular weight is 265 g/mol. The summed E-state index contributed by atoms with van der Waals surface area (Å²) in [6, 6.07) is 6.88. The Morgan fingerprint density at radius 1 is 1.22 bits per heavy atom. The van der Waals surface area contributed by atoms with E-state index in [-0.39, 0.29) is 7.92 Å². The number of hydrogen-bond donors (Lipinski definition) is 0. The maximum atomic E-state index is 5.56. The highest BCUT2D eigenvalue weighted by molar-refractivity contribution is 7.65. The molecule has 100 valence electrons. The number of benzene rings is 1. The Morgan fingerprint density at radius 2 is 1.89 bits per heavy atom. The number of ether oxygens (including phenoxy) is 1. The van der Waals surface area contributed by atoms with E-state index in [2.05, 4.69) is 44.0 Å². The van der Waals surface area contributed by atoms with E-state index in [1.54, 1.807) is 7.11 Å². The van der Waals surface area contributed by atoms with Crippen LogP contribution in [0.25, 0.3) is 0 Å². The van der Waals surface area contributed by atoms with Gasteiger partial charge in [-0.2, -0.15) is 0 Å². The number of nitrogens with zero attached hydrogens (tertiary/aromatic N) is 1. The van der Waals surface area contributed by atoms with Crippen molar-refractivity contribution in [2.24, 2.45) is 0 Å². The topological polar surface area (TPSA) is 12.5 Å². The first-order valence-electron chi connectivity index (χ1n) is 6.73. The fraction of sp³-hybridized carbons (Fsp3) is 0.600. The highest BCUT2D eigenvalue weighted by Gasteiger charge is 2.19. The summed E-state index contributed by atoms with van der Waals surface area (Å²) in [5.74, 6) is 1.60. The van der Waals surface area contributed by atoms with Gasteiger partial charge in [0.25, 0.3) is 0 Å². The minimum Gasteiger partial charge on any atom is -0.496 e. The van der Waals surface area contributed by atoms with Crippen molar-refractivity contribution in [1.29, 1.82) is 0 Å². The molecule has 2 rings (SSSR count). The van der Waals surface area contributed by atoms with Crippen LogP contribution < -0.4 is 10.0 Å². The summed E-state index contributed by atoms with van der Waals surface area (Å²) in [6.45, 7) is 6.91. The molecule has 0 radical (unpaired) electrons. The first-order valence-corrected chi connectivity index (χ1v) is 8.44. The van der Waals surface area contributed by atoms with Gasteiger partial charge in [0.2, 0.25) is 0 Å². The molecule has 0 bridgehead atoms. The van der Waals surface area contributed by atoms with Gasteiger partial charge in [-0.1, -0.05) is 33.9 Å². The van der Waals surface area contributed by atoms with Crippen LogP contribution in [0.2, 0.25) is 0 Å². The molecule has 2 nitrogen and oxygen atoms in total. The molecule has 18 heavy (non-hydrogen) atoms. The summed E-state index contributed by atoms with van der Waals surface area (Å²) in [4.78, 5) is 2.43. The zero-order valence-electron chi connectivity index (χ0n) is 11.9. The van der Waals surface area contributed by atoms with Gasteiger partial charge in [0.15, 0.2) is 0 Å². The third kappa shape index (κ3) is 3.05. The molecule has 1 fully saturated rings. The summed E-state index contributed by atoms with van der Waals surface area (Å²) in [5, 5.41) is 1.51. The van der Waals surface area contributed by atoms with Gasteiger partial charge in [-0.15, -0.1) is 0 Å². The van der Waals surface area contributed by atoms with Crippen LogP contribution in [0.5, 0.6) is 5.75 Å². The minimum absolute atomic E-state index is 0.0313. The first-order chi connectivity index (χ1) is 8.61. The molecule has 0 amide bonds. The lowest BCUT2D eigenvalue weighted by Crippen LogP contribution is -2.32. The van der Waals surface area contributed by atoms with Crippen molar-refractivity contribution < 1.29 is 4.74 Å². The molecule has 0 atom stereocenters. The maximum absolute atomic E-state index is 5.56. The molecule has 1 aromatic rings. The largest absolute Gasteiger partial charge is 0.496 e. The molecular formula is C15H24NOP. The van der Waals surface area contributed by atoms with E-state index >= 15 is 0 Å². The lowest BCUT2D eigenvalue weighted by atomic mass is 10.0. The van der Waals surface area contributed by atoms with Crippen molar-refractivity contribution >= 4 is 13.2 Å². The second kappa shape index (κ2) is 6.04. The van der Waals surface area contributed by atoms with Crippen LogP contribution in [0, 0.1) is 0 Å². The number of rotatable bonds is 3. The molecule has 0 aliphatic carbocycles. The van der Waals surface area contributed by atoms with Crippen molar-refractivity contribution in [2.75, 3.05) is 39.6 Å². The van der Waals surface area contributed by atoms with E-state index in [9.17, 15) is 0 Å². The van der Waals surface area contributed by atoms with Crippen molar-refractivity contribution in [3.63, 3.8) is 0 Å². The van der Waals surface area contributed by atoms with Gasteiger partial charge in [0, 0.05) is 13.1 Å². The van der Waals surface area contributed by atoms with Crippen LogP contribution >= 0.6 is 7.92 Å². The van der Waals surface area contributed by atoms with Gasteiger partial charge in [0.05, 0.1) is 7.11 Å². The smallest absolute Gasteiger partial charge is 0.122 e. The van der Waals surface area contributed by atoms with Crippen molar-refractivity contribution in [3.8, 4) is 5.75 Å². The van der Waals surface area contributed by atoms with Crippen LogP contribution in [-0.2, 0) is 0 Å². The van der Waals surface area contributed by atoms with Crippen molar-refractivity contribution in [1.82, 2.24) is 4.90 Å². The standard InChI is InChI=1S/C15H24NOP/c1-12(2)14-6-5-13(11-15(14)17-4)18-9-7-16(3)8-10-18/h5-6,11-12H,7-10H2,1-4H3. The molecule has 0 spiro atoms. The normalized spacial score (nSPS) is 18.3.